The van der Waals surface area contributed by atoms with Gasteiger partial charge in [-0.2, -0.15) is 4.98 Å². The molecule has 0 spiro atoms. The normalized spacial score (nSPS) is 15.3. The monoisotopic (exact) mass is 432 g/mol. The molecule has 32 heavy (non-hydrogen) atoms. The Morgan fingerprint density at radius 2 is 1.81 bits per heavy atom. The second-order valence-electron chi connectivity index (χ2n) is 7.47. The Balaban J connectivity index is 1.57. The number of hydrogen-bond donors (Lipinski definition) is 1. The lowest BCUT2D eigenvalue weighted by Gasteiger charge is -2.26. The minimum absolute atomic E-state index is 0.0441. The van der Waals surface area contributed by atoms with Crippen molar-refractivity contribution in [3.8, 4) is 23.3 Å². The van der Waals surface area contributed by atoms with Gasteiger partial charge in [0.25, 0.3) is 0 Å². The molecule has 0 saturated heterocycles. The van der Waals surface area contributed by atoms with E-state index in [1.165, 1.54) is 11.1 Å². The third-order valence-corrected chi connectivity index (χ3v) is 5.49. The lowest BCUT2D eigenvalue weighted by Crippen LogP contribution is -2.28. The van der Waals surface area contributed by atoms with Crippen LogP contribution in [0.15, 0.2) is 60.7 Å². The van der Waals surface area contributed by atoms with E-state index in [1.54, 1.807) is 21.3 Å². The molecule has 1 N–H and O–H groups in total. The zero-order chi connectivity index (χ0) is 22.3. The van der Waals surface area contributed by atoms with Crippen LogP contribution < -0.4 is 24.3 Å². The molecule has 2 aromatic carbocycles. The van der Waals surface area contributed by atoms with Gasteiger partial charge in [0.1, 0.15) is 6.61 Å². The van der Waals surface area contributed by atoms with Crippen molar-refractivity contribution in [2.75, 3.05) is 27.9 Å². The van der Waals surface area contributed by atoms with Crippen LogP contribution in [-0.2, 0) is 13.0 Å². The predicted octanol–water partition coefficient (Wildman–Crippen LogP) is 4.59. The van der Waals surface area contributed by atoms with E-state index in [-0.39, 0.29) is 6.04 Å². The van der Waals surface area contributed by atoms with Gasteiger partial charge in [-0.3, -0.25) is 0 Å². The van der Waals surface area contributed by atoms with Crippen LogP contribution in [0.25, 0.3) is 6.08 Å². The van der Waals surface area contributed by atoms with Crippen LogP contribution >= 0.6 is 0 Å². The average molecular weight is 433 g/mol. The topological polar surface area (TPSA) is 61.8 Å². The van der Waals surface area contributed by atoms with Crippen molar-refractivity contribution < 1.29 is 18.9 Å². The first-order valence-electron chi connectivity index (χ1n) is 10.6. The third kappa shape index (κ3) is 4.86. The van der Waals surface area contributed by atoms with Gasteiger partial charge in [-0.1, -0.05) is 42.5 Å². The second kappa shape index (κ2) is 10.2. The Morgan fingerprint density at radius 3 is 2.56 bits per heavy atom. The van der Waals surface area contributed by atoms with Gasteiger partial charge in [0.15, 0.2) is 11.5 Å². The van der Waals surface area contributed by atoms with Crippen LogP contribution in [0, 0.1) is 0 Å². The molecule has 3 aromatic rings. The van der Waals surface area contributed by atoms with E-state index in [0.29, 0.717) is 18.4 Å². The van der Waals surface area contributed by atoms with Gasteiger partial charge < -0.3 is 24.3 Å². The molecule has 4 rings (SSSR count). The van der Waals surface area contributed by atoms with E-state index in [4.69, 9.17) is 18.9 Å². The fourth-order valence-electron chi connectivity index (χ4n) is 3.81. The maximum absolute atomic E-state index is 6.10. The highest BCUT2D eigenvalue weighted by molar-refractivity contribution is 5.58. The lowest BCUT2D eigenvalue weighted by atomic mass is 9.93. The molecule has 6 nitrogen and oxygen atoms in total. The summed E-state index contributed by atoms with van der Waals surface area (Å²) in [6.45, 7) is 1.38. The molecular weight excluding hydrogens is 404 g/mol. The van der Waals surface area contributed by atoms with E-state index < -0.39 is 0 Å². The van der Waals surface area contributed by atoms with E-state index in [2.05, 4.69) is 40.6 Å². The highest BCUT2D eigenvalue weighted by Crippen LogP contribution is 2.36. The van der Waals surface area contributed by atoms with E-state index in [1.807, 2.05) is 36.4 Å². The van der Waals surface area contributed by atoms with Crippen LogP contribution in [-0.4, -0.2) is 32.9 Å². The summed E-state index contributed by atoms with van der Waals surface area (Å²) >= 11 is 0. The van der Waals surface area contributed by atoms with Crippen LogP contribution in [0.1, 0.15) is 28.3 Å². The molecule has 1 aromatic heterocycles. The molecule has 0 saturated carbocycles. The molecule has 1 unspecified atom stereocenters. The number of benzene rings is 2. The maximum atomic E-state index is 6.10. The number of methoxy groups -OCH3 is 3. The first-order chi connectivity index (χ1) is 15.7. The number of hydrogen-bond acceptors (Lipinski definition) is 6. The predicted molar refractivity (Wildman–Crippen MR) is 125 cm³/mol. The molecule has 6 heteroatoms. The van der Waals surface area contributed by atoms with Gasteiger partial charge in [0.2, 0.25) is 11.8 Å². The zero-order valence-electron chi connectivity index (χ0n) is 18.6. The summed E-state index contributed by atoms with van der Waals surface area (Å²) < 4.78 is 22.3. The molecule has 0 bridgehead atoms. The zero-order valence-corrected chi connectivity index (χ0v) is 18.6. The number of fused-ring (bicyclic) bond motifs is 1. The second-order valence-corrected chi connectivity index (χ2v) is 7.47. The van der Waals surface area contributed by atoms with Crippen molar-refractivity contribution in [3.63, 3.8) is 0 Å². The summed E-state index contributed by atoms with van der Waals surface area (Å²) in [5.41, 5.74) is 4.44. The highest BCUT2D eigenvalue weighted by atomic mass is 16.5. The molecule has 1 aliphatic heterocycles. The first-order valence-corrected chi connectivity index (χ1v) is 10.6. The van der Waals surface area contributed by atoms with Crippen LogP contribution in [0.3, 0.4) is 0 Å². The fraction of sp³-hybridized carbons (Fsp3) is 0.269. The average Bonchev–Trinajstić information content (AvgIpc) is 2.86. The summed E-state index contributed by atoms with van der Waals surface area (Å²) in [5, 5.41) is 3.57. The molecule has 0 amide bonds. The van der Waals surface area contributed by atoms with Crippen molar-refractivity contribution in [2.45, 2.75) is 19.1 Å². The van der Waals surface area contributed by atoms with Crippen molar-refractivity contribution in [2.24, 2.45) is 0 Å². The number of pyridine rings is 1. The van der Waals surface area contributed by atoms with Crippen LogP contribution in [0.5, 0.6) is 23.3 Å². The van der Waals surface area contributed by atoms with Gasteiger partial charge in [-0.25, -0.2) is 0 Å². The molecule has 166 valence electrons. The third-order valence-electron chi connectivity index (χ3n) is 5.49. The van der Waals surface area contributed by atoms with E-state index in [0.717, 1.165) is 35.6 Å². The molecule has 0 radical (unpaired) electrons. The summed E-state index contributed by atoms with van der Waals surface area (Å²) in [6.07, 6.45) is 5.07. The Morgan fingerprint density at radius 1 is 0.969 bits per heavy atom. The van der Waals surface area contributed by atoms with Crippen molar-refractivity contribution in [1.29, 1.82) is 0 Å². The van der Waals surface area contributed by atoms with Gasteiger partial charge in [-0.15, -0.1) is 0 Å². The number of nitrogens with one attached hydrogen (secondary N) is 1. The first kappa shape index (κ1) is 21.7. The van der Waals surface area contributed by atoms with Crippen molar-refractivity contribution in [3.05, 3.63) is 82.9 Å². The smallest absolute Gasteiger partial charge is 0.223 e. The number of aromatic nitrogens is 1. The van der Waals surface area contributed by atoms with Gasteiger partial charge in [0, 0.05) is 18.2 Å². The number of ether oxygens (including phenoxy) is 4. The molecule has 1 aliphatic rings. The number of rotatable bonds is 8. The standard InChI is InChI=1S/C26H28N2O4/c1-29-23-16-21-20(15-24(23)32-17-18-7-5-4-6-8-18)13-14-27-22(21)11-9-19-10-12-25(30-2)28-26(19)31-3/h4-12,15-16,22,27H,13-14,17H2,1-3H3/b11-9+. The van der Waals surface area contributed by atoms with Gasteiger partial charge in [0.05, 0.1) is 27.4 Å². The SMILES string of the molecule is COc1ccc(/C=C/C2NCCc3cc(OCc4ccccc4)c(OC)cc32)c(OC)n1. The van der Waals surface area contributed by atoms with Crippen molar-refractivity contribution >= 4 is 6.08 Å². The van der Waals surface area contributed by atoms with Crippen LogP contribution in [0.2, 0.25) is 0 Å². The summed E-state index contributed by atoms with van der Waals surface area (Å²) in [5.74, 6) is 2.54. The Hall–Kier alpha value is -3.51. The summed E-state index contributed by atoms with van der Waals surface area (Å²) in [7, 11) is 4.87. The van der Waals surface area contributed by atoms with Crippen LogP contribution in [0.4, 0.5) is 0 Å². The summed E-state index contributed by atoms with van der Waals surface area (Å²) in [4.78, 5) is 4.35. The molecule has 2 heterocycles. The highest BCUT2D eigenvalue weighted by Gasteiger charge is 2.21. The summed E-state index contributed by atoms with van der Waals surface area (Å²) in [6, 6.07) is 18.1. The quantitative estimate of drug-likeness (QED) is 0.562. The molecule has 1 atom stereocenters. The van der Waals surface area contributed by atoms with E-state index in [9.17, 15) is 0 Å². The maximum Gasteiger partial charge on any atom is 0.223 e. The molecule has 0 aliphatic carbocycles. The molecule has 0 fully saturated rings. The lowest BCUT2D eigenvalue weighted by molar-refractivity contribution is 0.283. The van der Waals surface area contributed by atoms with Crippen molar-refractivity contribution in [1.82, 2.24) is 10.3 Å². The van der Waals surface area contributed by atoms with Gasteiger partial charge >= 0.3 is 0 Å². The minimum atomic E-state index is 0.0441. The number of nitrogens with zero attached hydrogens (tertiary/aromatic N) is 1. The fourth-order valence-corrected chi connectivity index (χ4v) is 3.81. The van der Waals surface area contributed by atoms with E-state index >= 15 is 0 Å². The van der Waals surface area contributed by atoms with Gasteiger partial charge in [-0.05, 0) is 41.3 Å². The Labute approximate surface area is 188 Å². The minimum Gasteiger partial charge on any atom is -0.493 e. The Kier molecular flexibility index (Phi) is 6.92. The largest absolute Gasteiger partial charge is 0.493 e. The Bertz CT molecular complexity index is 1080. The molecular formula is C26H28N2O4.